The molecule has 3 nitrogen and oxygen atoms in total. The van der Waals surface area contributed by atoms with Gasteiger partial charge >= 0.3 is 5.97 Å². The predicted octanol–water partition coefficient (Wildman–Crippen LogP) is 2.60. The number of esters is 1. The number of carbonyl (C=O) groups is 1. The monoisotopic (exact) mass is 269 g/mol. The fourth-order valence-electron chi connectivity index (χ4n) is 1.17. The van der Waals surface area contributed by atoms with Crippen LogP contribution in [0.5, 0.6) is 0 Å². The number of benzene rings is 1. The van der Waals surface area contributed by atoms with E-state index in [1.54, 1.807) is 37.9 Å². The lowest BCUT2D eigenvalue weighted by Gasteiger charge is -2.04. The van der Waals surface area contributed by atoms with Crippen molar-refractivity contribution in [1.82, 2.24) is 5.32 Å². The summed E-state index contributed by atoms with van der Waals surface area (Å²) < 4.78 is 5.67. The molecule has 0 spiro atoms. The summed E-state index contributed by atoms with van der Waals surface area (Å²) >= 11 is 6.59. The van der Waals surface area contributed by atoms with Crippen molar-refractivity contribution in [2.24, 2.45) is 0 Å². The zero-order valence-electron chi connectivity index (χ0n) is 9.86. The molecule has 0 radical (unpaired) electrons. The molecule has 92 valence electrons. The van der Waals surface area contributed by atoms with Gasteiger partial charge in [0.25, 0.3) is 0 Å². The third kappa shape index (κ3) is 4.75. The van der Waals surface area contributed by atoms with Crippen molar-refractivity contribution in [3.63, 3.8) is 0 Å². The van der Waals surface area contributed by atoms with E-state index < -0.39 is 0 Å². The van der Waals surface area contributed by atoms with Crippen molar-refractivity contribution < 1.29 is 9.53 Å². The maximum absolute atomic E-state index is 11.4. The third-order valence-electron chi connectivity index (χ3n) is 2.04. The molecule has 0 aliphatic carbocycles. The molecule has 1 aromatic rings. The minimum Gasteiger partial charge on any atom is -0.462 e. The molecule has 0 aromatic heterocycles. The van der Waals surface area contributed by atoms with Crippen LogP contribution in [0.25, 0.3) is 0 Å². The zero-order chi connectivity index (χ0) is 12.7. The summed E-state index contributed by atoms with van der Waals surface area (Å²) in [5.41, 5.74) is 1.71. The Bertz CT molecular complexity index is 390. The second-order valence-corrected chi connectivity index (χ2v) is 4.90. The van der Waals surface area contributed by atoms with Crippen LogP contribution in [0, 0.1) is 0 Å². The lowest BCUT2D eigenvalue weighted by atomic mass is 10.1. The number of rotatable bonds is 4. The fraction of sp³-hybridized carbons (Fsp3) is 0.333. The normalized spacial score (nSPS) is 9.76. The number of nitrogens with one attached hydrogen (secondary N) is 1. The van der Waals surface area contributed by atoms with E-state index in [1.807, 2.05) is 12.1 Å². The van der Waals surface area contributed by atoms with E-state index >= 15 is 0 Å². The van der Waals surface area contributed by atoms with Crippen LogP contribution in [0.15, 0.2) is 24.3 Å². The summed E-state index contributed by atoms with van der Waals surface area (Å²) in [5.74, 6) is 0.514. The molecule has 1 aromatic carbocycles. The van der Waals surface area contributed by atoms with E-state index in [9.17, 15) is 4.79 Å². The Labute approximate surface area is 111 Å². The van der Waals surface area contributed by atoms with E-state index in [0.29, 0.717) is 12.2 Å². The van der Waals surface area contributed by atoms with E-state index in [-0.39, 0.29) is 5.97 Å². The molecule has 1 N–H and O–H groups in total. The Morgan fingerprint density at radius 1 is 1.41 bits per heavy atom. The SMILES string of the molecule is CCOC(=O)c1ccc(CSC(=S)NC)cc1. The number of thioether (sulfide) groups is 1. The van der Waals surface area contributed by atoms with Gasteiger partial charge in [0.1, 0.15) is 4.32 Å². The van der Waals surface area contributed by atoms with Crippen molar-refractivity contribution in [3.8, 4) is 0 Å². The van der Waals surface area contributed by atoms with Gasteiger partial charge in [-0.15, -0.1) is 0 Å². The highest BCUT2D eigenvalue weighted by molar-refractivity contribution is 8.22. The van der Waals surface area contributed by atoms with E-state index in [4.69, 9.17) is 17.0 Å². The van der Waals surface area contributed by atoms with Crippen LogP contribution in [0.4, 0.5) is 0 Å². The van der Waals surface area contributed by atoms with Gasteiger partial charge in [-0.1, -0.05) is 36.1 Å². The van der Waals surface area contributed by atoms with Gasteiger partial charge in [0.15, 0.2) is 0 Å². The Balaban J connectivity index is 2.56. The van der Waals surface area contributed by atoms with Gasteiger partial charge in [-0.05, 0) is 24.6 Å². The average molecular weight is 269 g/mol. The van der Waals surface area contributed by atoms with Gasteiger partial charge in [0, 0.05) is 12.8 Å². The molecule has 0 atom stereocenters. The molecule has 17 heavy (non-hydrogen) atoms. The number of hydrogen-bond acceptors (Lipinski definition) is 4. The van der Waals surface area contributed by atoms with Crippen LogP contribution in [0.2, 0.25) is 0 Å². The molecule has 0 aliphatic heterocycles. The molecule has 0 bridgehead atoms. The van der Waals surface area contributed by atoms with Gasteiger partial charge in [0.05, 0.1) is 12.2 Å². The first-order valence-electron chi connectivity index (χ1n) is 5.28. The Hall–Kier alpha value is -1.07. The maximum atomic E-state index is 11.4. The summed E-state index contributed by atoms with van der Waals surface area (Å²) in [4.78, 5) is 11.4. The topological polar surface area (TPSA) is 38.3 Å². The molecule has 0 saturated carbocycles. The van der Waals surface area contributed by atoms with Gasteiger partial charge in [-0.3, -0.25) is 0 Å². The van der Waals surface area contributed by atoms with Crippen LogP contribution in [-0.2, 0) is 10.5 Å². The van der Waals surface area contributed by atoms with Crippen LogP contribution in [0.1, 0.15) is 22.8 Å². The Kier molecular flexibility index (Phi) is 6.00. The Morgan fingerprint density at radius 2 is 2.06 bits per heavy atom. The number of thiocarbonyl (C=S) groups is 1. The zero-order valence-corrected chi connectivity index (χ0v) is 11.5. The van der Waals surface area contributed by atoms with Crippen LogP contribution >= 0.6 is 24.0 Å². The molecule has 1 rings (SSSR count). The van der Waals surface area contributed by atoms with Crippen molar-refractivity contribution >= 4 is 34.3 Å². The molecule has 0 fully saturated rings. The summed E-state index contributed by atoms with van der Waals surface area (Å²) in [5, 5.41) is 2.90. The summed E-state index contributed by atoms with van der Waals surface area (Å²) in [6, 6.07) is 7.38. The molecule has 5 heteroatoms. The molecular formula is C12H15NO2S2. The molecule has 0 saturated heterocycles. The van der Waals surface area contributed by atoms with Crippen LogP contribution < -0.4 is 5.32 Å². The van der Waals surface area contributed by atoms with Crippen molar-refractivity contribution in [2.75, 3.05) is 13.7 Å². The fourth-order valence-corrected chi connectivity index (χ4v) is 1.98. The molecule has 0 aliphatic rings. The Morgan fingerprint density at radius 3 is 2.59 bits per heavy atom. The number of ether oxygens (including phenoxy) is 1. The van der Waals surface area contributed by atoms with Gasteiger partial charge in [0.2, 0.25) is 0 Å². The van der Waals surface area contributed by atoms with E-state index in [2.05, 4.69) is 5.32 Å². The average Bonchev–Trinajstić information content (AvgIpc) is 2.36. The van der Waals surface area contributed by atoms with E-state index in [1.165, 1.54) is 0 Å². The molecule has 0 amide bonds. The van der Waals surface area contributed by atoms with Crippen molar-refractivity contribution in [2.45, 2.75) is 12.7 Å². The quantitative estimate of drug-likeness (QED) is 0.672. The first-order chi connectivity index (χ1) is 8.17. The maximum Gasteiger partial charge on any atom is 0.338 e. The smallest absolute Gasteiger partial charge is 0.338 e. The van der Waals surface area contributed by atoms with Crippen LogP contribution in [0.3, 0.4) is 0 Å². The molecule has 0 heterocycles. The standard InChI is InChI=1S/C12H15NO2S2/c1-3-15-11(14)10-6-4-9(5-7-10)8-17-12(16)13-2/h4-7H,3,8H2,1-2H3,(H,13,16). The molecule has 0 unspecified atom stereocenters. The van der Waals surface area contributed by atoms with Gasteiger partial charge in [-0.2, -0.15) is 0 Å². The second-order valence-electron chi connectivity index (χ2n) is 3.24. The highest BCUT2D eigenvalue weighted by atomic mass is 32.2. The summed E-state index contributed by atoms with van der Waals surface area (Å²) in [7, 11) is 1.80. The minimum absolute atomic E-state index is 0.280. The summed E-state index contributed by atoms with van der Waals surface area (Å²) in [6.07, 6.45) is 0. The molecular weight excluding hydrogens is 254 g/mol. The third-order valence-corrected chi connectivity index (χ3v) is 3.54. The van der Waals surface area contributed by atoms with Gasteiger partial charge < -0.3 is 10.1 Å². The minimum atomic E-state index is -0.280. The lowest BCUT2D eigenvalue weighted by molar-refractivity contribution is 0.0526. The predicted molar refractivity (Wildman–Crippen MR) is 75.4 cm³/mol. The first kappa shape index (κ1) is 14.0. The van der Waals surface area contributed by atoms with Crippen molar-refractivity contribution in [3.05, 3.63) is 35.4 Å². The van der Waals surface area contributed by atoms with Crippen molar-refractivity contribution in [1.29, 1.82) is 0 Å². The van der Waals surface area contributed by atoms with Gasteiger partial charge in [-0.25, -0.2) is 4.79 Å². The largest absolute Gasteiger partial charge is 0.462 e. The second kappa shape index (κ2) is 7.29. The number of carbonyl (C=O) groups excluding carboxylic acids is 1. The van der Waals surface area contributed by atoms with E-state index in [0.717, 1.165) is 15.6 Å². The lowest BCUT2D eigenvalue weighted by Crippen LogP contribution is -2.10. The number of hydrogen-bond donors (Lipinski definition) is 1. The summed E-state index contributed by atoms with van der Waals surface area (Å²) in [6.45, 7) is 2.19. The van der Waals surface area contributed by atoms with Crippen LogP contribution in [-0.4, -0.2) is 23.9 Å². The highest BCUT2D eigenvalue weighted by Crippen LogP contribution is 2.14. The highest BCUT2D eigenvalue weighted by Gasteiger charge is 2.05. The first-order valence-corrected chi connectivity index (χ1v) is 6.67.